The summed E-state index contributed by atoms with van der Waals surface area (Å²) >= 11 is 0. The molecule has 1 amide bonds. The standard InChI is InChI=1S/C29H41N5O5S2/c1-33(40(2,36)37)28-11-6-20(18-31-19-23-17-27(23)30)16-26(28)29(35)32-24-7-9-25(10-8-24)41(38,39)34-14-12-22(13-15-34)21-4-3-5-21/h6-11,16,21-23,27,31H,3-5,12-15,17-19,30H2,1-2H3,(H,32,35)/t23-,27-/m1/s1. The summed E-state index contributed by atoms with van der Waals surface area (Å²) in [6, 6.07) is 11.5. The van der Waals surface area contributed by atoms with Crippen molar-refractivity contribution in [1.82, 2.24) is 9.62 Å². The molecule has 4 N–H and O–H groups in total. The molecule has 2 saturated carbocycles. The van der Waals surface area contributed by atoms with Crippen LogP contribution in [-0.4, -0.2) is 66.0 Å². The molecule has 0 aromatic heterocycles. The summed E-state index contributed by atoms with van der Waals surface area (Å²) in [6.07, 6.45) is 7.73. The van der Waals surface area contributed by atoms with Crippen molar-refractivity contribution < 1.29 is 21.6 Å². The maximum Gasteiger partial charge on any atom is 0.257 e. The Morgan fingerprint density at radius 3 is 2.20 bits per heavy atom. The number of sulfonamides is 2. The van der Waals surface area contributed by atoms with Crippen LogP contribution < -0.4 is 20.7 Å². The second-order valence-corrected chi connectivity index (χ2v) is 15.7. The van der Waals surface area contributed by atoms with Gasteiger partial charge in [-0.05, 0) is 85.5 Å². The van der Waals surface area contributed by atoms with Gasteiger partial charge in [0, 0.05) is 38.4 Å². The second-order valence-electron chi connectivity index (χ2n) is 11.8. The van der Waals surface area contributed by atoms with Crippen LogP contribution in [0.15, 0.2) is 47.4 Å². The zero-order chi connectivity index (χ0) is 29.4. The van der Waals surface area contributed by atoms with Crippen LogP contribution in [0, 0.1) is 17.8 Å². The summed E-state index contributed by atoms with van der Waals surface area (Å²) in [5.74, 6) is 1.36. The van der Waals surface area contributed by atoms with Crippen LogP contribution in [0.2, 0.25) is 0 Å². The van der Waals surface area contributed by atoms with Gasteiger partial charge in [-0.1, -0.05) is 25.3 Å². The molecule has 0 bridgehead atoms. The van der Waals surface area contributed by atoms with E-state index in [0.29, 0.717) is 37.2 Å². The van der Waals surface area contributed by atoms with Crippen LogP contribution in [0.4, 0.5) is 11.4 Å². The number of anilines is 2. The highest BCUT2D eigenvalue weighted by atomic mass is 32.2. The number of rotatable bonds is 11. The minimum absolute atomic E-state index is 0.193. The minimum atomic E-state index is -3.62. The van der Waals surface area contributed by atoms with Crippen molar-refractivity contribution in [3.05, 3.63) is 53.6 Å². The van der Waals surface area contributed by atoms with Crippen LogP contribution >= 0.6 is 0 Å². The van der Waals surface area contributed by atoms with E-state index in [0.717, 1.165) is 47.8 Å². The smallest absolute Gasteiger partial charge is 0.257 e. The predicted molar refractivity (Wildman–Crippen MR) is 161 cm³/mol. The van der Waals surface area contributed by atoms with Gasteiger partial charge in [0.15, 0.2) is 0 Å². The zero-order valence-corrected chi connectivity index (χ0v) is 25.4. The molecule has 224 valence electrons. The SMILES string of the molecule is CN(c1ccc(CNC[C@H]2C[C@H]2N)cc1C(=O)Nc1ccc(S(=O)(=O)N2CCC(C3CCC3)CC2)cc1)S(C)(=O)=O. The lowest BCUT2D eigenvalue weighted by Crippen LogP contribution is -2.41. The lowest BCUT2D eigenvalue weighted by molar-refractivity contribution is 0.102. The Labute approximate surface area is 243 Å². The van der Waals surface area contributed by atoms with Gasteiger partial charge in [0.2, 0.25) is 20.0 Å². The monoisotopic (exact) mass is 603 g/mol. The molecular formula is C29H41N5O5S2. The van der Waals surface area contributed by atoms with Gasteiger partial charge in [-0.3, -0.25) is 9.10 Å². The molecule has 12 heteroatoms. The van der Waals surface area contributed by atoms with Gasteiger partial charge in [0.1, 0.15) is 0 Å². The first kappa shape index (κ1) is 30.0. The number of nitrogens with zero attached hydrogens (tertiary/aromatic N) is 2. The normalized spacial score (nSPS) is 22.2. The predicted octanol–water partition coefficient (Wildman–Crippen LogP) is 2.97. The van der Waals surface area contributed by atoms with E-state index in [1.807, 2.05) is 0 Å². The number of piperidine rings is 1. The largest absolute Gasteiger partial charge is 0.327 e. The number of carbonyl (C=O) groups is 1. The van der Waals surface area contributed by atoms with E-state index in [1.165, 1.54) is 38.4 Å². The number of benzene rings is 2. The fourth-order valence-corrected chi connectivity index (χ4v) is 7.78. The van der Waals surface area contributed by atoms with E-state index >= 15 is 0 Å². The molecule has 1 saturated heterocycles. The maximum atomic E-state index is 13.4. The van der Waals surface area contributed by atoms with Crippen LogP contribution in [0.3, 0.4) is 0 Å². The Bertz CT molecular complexity index is 1470. The van der Waals surface area contributed by atoms with Gasteiger partial charge in [0.25, 0.3) is 5.91 Å². The van der Waals surface area contributed by atoms with E-state index in [9.17, 15) is 21.6 Å². The van der Waals surface area contributed by atoms with Crippen LogP contribution in [0.5, 0.6) is 0 Å². The summed E-state index contributed by atoms with van der Waals surface area (Å²) in [5, 5.41) is 6.15. The summed E-state index contributed by atoms with van der Waals surface area (Å²) in [7, 11) is -5.82. The maximum absolute atomic E-state index is 13.4. The van der Waals surface area contributed by atoms with Crippen molar-refractivity contribution in [2.45, 2.75) is 56.0 Å². The van der Waals surface area contributed by atoms with Gasteiger partial charge in [0.05, 0.1) is 22.4 Å². The van der Waals surface area contributed by atoms with E-state index in [2.05, 4.69) is 10.6 Å². The molecule has 2 aliphatic carbocycles. The molecule has 1 aliphatic heterocycles. The van der Waals surface area contributed by atoms with Crippen molar-refractivity contribution in [2.75, 3.05) is 42.6 Å². The molecule has 1 heterocycles. The van der Waals surface area contributed by atoms with E-state index in [4.69, 9.17) is 5.73 Å². The van der Waals surface area contributed by atoms with Crippen molar-refractivity contribution in [1.29, 1.82) is 0 Å². The van der Waals surface area contributed by atoms with Gasteiger partial charge in [-0.2, -0.15) is 4.31 Å². The average molecular weight is 604 g/mol. The number of hydrogen-bond acceptors (Lipinski definition) is 7. The van der Waals surface area contributed by atoms with Gasteiger partial charge >= 0.3 is 0 Å². The Balaban J connectivity index is 1.27. The summed E-state index contributed by atoms with van der Waals surface area (Å²) in [4.78, 5) is 13.6. The fraction of sp³-hybridized carbons (Fsp3) is 0.552. The zero-order valence-electron chi connectivity index (χ0n) is 23.8. The van der Waals surface area contributed by atoms with Crippen molar-refractivity contribution in [3.63, 3.8) is 0 Å². The Kier molecular flexibility index (Phi) is 8.77. The van der Waals surface area contributed by atoms with Crippen LogP contribution in [0.25, 0.3) is 0 Å². The van der Waals surface area contributed by atoms with Crippen molar-refractivity contribution >= 4 is 37.3 Å². The molecule has 2 aromatic rings. The molecule has 0 spiro atoms. The molecule has 10 nitrogen and oxygen atoms in total. The first-order valence-corrected chi connectivity index (χ1v) is 17.7. The van der Waals surface area contributed by atoms with Crippen LogP contribution in [0.1, 0.15) is 54.4 Å². The third-order valence-electron chi connectivity index (χ3n) is 8.92. The Hall–Kier alpha value is -2.51. The third kappa shape index (κ3) is 6.94. The van der Waals surface area contributed by atoms with Gasteiger partial charge in [-0.15, -0.1) is 0 Å². The number of amides is 1. The van der Waals surface area contributed by atoms with Crippen molar-refractivity contribution in [2.24, 2.45) is 23.5 Å². The van der Waals surface area contributed by atoms with E-state index < -0.39 is 26.0 Å². The molecule has 0 unspecified atom stereocenters. The topological polar surface area (TPSA) is 142 Å². The first-order valence-electron chi connectivity index (χ1n) is 14.4. The molecule has 2 aromatic carbocycles. The van der Waals surface area contributed by atoms with Crippen LogP contribution in [-0.2, 0) is 26.6 Å². The number of nitrogens with one attached hydrogen (secondary N) is 2. The van der Waals surface area contributed by atoms with Gasteiger partial charge < -0.3 is 16.4 Å². The molecule has 41 heavy (non-hydrogen) atoms. The van der Waals surface area contributed by atoms with Crippen molar-refractivity contribution in [3.8, 4) is 0 Å². The molecule has 2 atom stereocenters. The molecule has 3 fully saturated rings. The fourth-order valence-electron chi connectivity index (χ4n) is 5.79. The highest BCUT2D eigenvalue weighted by Gasteiger charge is 2.35. The highest BCUT2D eigenvalue weighted by Crippen LogP contribution is 2.39. The lowest BCUT2D eigenvalue weighted by atomic mass is 9.72. The minimum Gasteiger partial charge on any atom is -0.327 e. The third-order valence-corrected chi connectivity index (χ3v) is 12.0. The van der Waals surface area contributed by atoms with E-state index in [1.54, 1.807) is 34.6 Å². The molecule has 3 aliphatic rings. The summed E-state index contributed by atoms with van der Waals surface area (Å²) < 4.78 is 53.7. The molecule has 0 radical (unpaired) electrons. The average Bonchev–Trinajstić information content (AvgIpc) is 3.61. The Morgan fingerprint density at radius 2 is 1.63 bits per heavy atom. The Morgan fingerprint density at radius 1 is 1.00 bits per heavy atom. The quantitative estimate of drug-likeness (QED) is 0.359. The number of hydrogen-bond donors (Lipinski definition) is 3. The first-order chi connectivity index (χ1) is 19.4. The number of nitrogens with two attached hydrogens (primary N) is 1. The molecule has 5 rings (SSSR count). The molecular weight excluding hydrogens is 562 g/mol. The summed E-state index contributed by atoms with van der Waals surface area (Å²) in [6.45, 7) is 2.37. The number of carbonyl (C=O) groups excluding carboxylic acids is 1. The summed E-state index contributed by atoms with van der Waals surface area (Å²) in [5.41, 5.74) is 7.58. The second kappa shape index (κ2) is 12.0. The van der Waals surface area contributed by atoms with E-state index in [-0.39, 0.29) is 22.2 Å². The van der Waals surface area contributed by atoms with Gasteiger partial charge in [-0.25, -0.2) is 16.8 Å². The lowest BCUT2D eigenvalue weighted by Gasteiger charge is -2.39. The highest BCUT2D eigenvalue weighted by molar-refractivity contribution is 7.92.